The first-order valence-electron chi connectivity index (χ1n) is 8.77. The number of ether oxygens (including phenoxy) is 1. The number of aromatic hydroxyl groups is 2. The maximum Gasteiger partial charge on any atom is 0.239 e. The summed E-state index contributed by atoms with van der Waals surface area (Å²) in [7, 11) is 0. The van der Waals surface area contributed by atoms with Crippen LogP contribution in [0.4, 0.5) is 0 Å². The first kappa shape index (κ1) is 18.1. The van der Waals surface area contributed by atoms with Crippen LogP contribution in [-0.4, -0.2) is 10.2 Å². The van der Waals surface area contributed by atoms with Gasteiger partial charge in [0.05, 0.1) is 11.6 Å². The number of phenols is 2. The number of rotatable bonds is 4. The van der Waals surface area contributed by atoms with Gasteiger partial charge in [-0.15, -0.1) is 0 Å². The molecule has 3 aromatic carbocycles. The summed E-state index contributed by atoms with van der Waals surface area (Å²) in [6.45, 7) is 0.0322. The number of phenolic OH excluding ortho intramolecular Hbond substituents is 2. The molecule has 6 nitrogen and oxygen atoms in total. The zero-order valence-electron chi connectivity index (χ0n) is 15.1. The minimum atomic E-state index is -0.556. The first-order chi connectivity index (χ1) is 14.1. The van der Waals surface area contributed by atoms with Crippen molar-refractivity contribution in [1.29, 1.82) is 5.26 Å². The summed E-state index contributed by atoms with van der Waals surface area (Å²) in [5, 5.41) is 28.9. The molecule has 29 heavy (non-hydrogen) atoms. The molecule has 4 aromatic rings. The number of fused-ring (bicyclic) bond motifs is 1. The van der Waals surface area contributed by atoms with Crippen molar-refractivity contribution in [1.82, 2.24) is 0 Å². The minimum absolute atomic E-state index is 0.0322. The van der Waals surface area contributed by atoms with E-state index in [1.54, 1.807) is 48.5 Å². The molecule has 0 saturated heterocycles. The third kappa shape index (κ3) is 3.49. The monoisotopic (exact) mass is 385 g/mol. The SMILES string of the molecule is N#Cc1cccc(COc2c(-c3ccccc3)oc3cc(O)cc(O)c3c2=O)c1. The van der Waals surface area contributed by atoms with Gasteiger partial charge in [-0.3, -0.25) is 4.79 Å². The van der Waals surface area contributed by atoms with Crippen molar-refractivity contribution in [3.63, 3.8) is 0 Å². The third-order valence-corrected chi connectivity index (χ3v) is 4.39. The van der Waals surface area contributed by atoms with Crippen molar-refractivity contribution in [2.24, 2.45) is 0 Å². The fourth-order valence-corrected chi connectivity index (χ4v) is 3.07. The molecule has 2 N–H and O–H groups in total. The van der Waals surface area contributed by atoms with Crippen LogP contribution in [0.3, 0.4) is 0 Å². The Morgan fingerprint density at radius 3 is 2.55 bits per heavy atom. The maximum absolute atomic E-state index is 13.1. The smallest absolute Gasteiger partial charge is 0.239 e. The highest BCUT2D eigenvalue weighted by atomic mass is 16.5. The highest BCUT2D eigenvalue weighted by Gasteiger charge is 2.20. The number of hydrogen-bond acceptors (Lipinski definition) is 6. The Balaban J connectivity index is 1.87. The lowest BCUT2D eigenvalue weighted by atomic mass is 10.1. The molecule has 0 radical (unpaired) electrons. The Morgan fingerprint density at radius 1 is 1.00 bits per heavy atom. The van der Waals surface area contributed by atoms with Gasteiger partial charge in [0.15, 0.2) is 5.76 Å². The Morgan fingerprint density at radius 2 is 1.79 bits per heavy atom. The van der Waals surface area contributed by atoms with Crippen molar-refractivity contribution >= 4 is 11.0 Å². The summed E-state index contributed by atoms with van der Waals surface area (Å²) >= 11 is 0. The van der Waals surface area contributed by atoms with E-state index in [0.29, 0.717) is 16.7 Å². The summed E-state index contributed by atoms with van der Waals surface area (Å²) < 4.78 is 11.7. The van der Waals surface area contributed by atoms with Crippen LogP contribution in [0, 0.1) is 11.3 Å². The normalized spacial score (nSPS) is 10.6. The van der Waals surface area contributed by atoms with Crippen LogP contribution in [0.15, 0.2) is 75.9 Å². The number of benzene rings is 3. The van der Waals surface area contributed by atoms with E-state index in [1.807, 2.05) is 6.07 Å². The number of nitriles is 1. The summed E-state index contributed by atoms with van der Waals surface area (Å²) in [6.07, 6.45) is 0. The quantitative estimate of drug-likeness (QED) is 0.542. The molecule has 1 heterocycles. The molecule has 0 fully saturated rings. The Kier molecular flexibility index (Phi) is 4.63. The standard InChI is InChI=1S/C23H15NO5/c24-12-14-5-4-6-15(9-14)13-28-23-21(27)20-18(26)10-17(25)11-19(20)29-22(23)16-7-2-1-3-8-16/h1-11,25-26H,13H2. The molecule has 6 heteroatoms. The highest BCUT2D eigenvalue weighted by Crippen LogP contribution is 2.35. The molecular formula is C23H15NO5. The maximum atomic E-state index is 13.1. The largest absolute Gasteiger partial charge is 0.508 e. The van der Waals surface area contributed by atoms with Gasteiger partial charge in [0, 0.05) is 17.7 Å². The Hall–Kier alpha value is -4.24. The van der Waals surface area contributed by atoms with Gasteiger partial charge in [0.2, 0.25) is 11.2 Å². The van der Waals surface area contributed by atoms with Gasteiger partial charge in [-0.25, -0.2) is 0 Å². The second-order valence-corrected chi connectivity index (χ2v) is 6.39. The topological polar surface area (TPSA) is 104 Å². The molecule has 0 saturated carbocycles. The molecule has 0 unspecified atom stereocenters. The van der Waals surface area contributed by atoms with E-state index in [4.69, 9.17) is 14.4 Å². The van der Waals surface area contributed by atoms with Crippen molar-refractivity contribution in [2.75, 3.05) is 0 Å². The zero-order chi connectivity index (χ0) is 20.4. The van der Waals surface area contributed by atoms with Gasteiger partial charge in [0.1, 0.15) is 29.1 Å². The second-order valence-electron chi connectivity index (χ2n) is 6.39. The molecule has 142 valence electrons. The van der Waals surface area contributed by atoms with Crippen LogP contribution in [-0.2, 0) is 6.61 Å². The van der Waals surface area contributed by atoms with E-state index in [2.05, 4.69) is 6.07 Å². The molecule has 0 amide bonds. The van der Waals surface area contributed by atoms with Crippen molar-refractivity contribution in [2.45, 2.75) is 6.61 Å². The van der Waals surface area contributed by atoms with Gasteiger partial charge in [0.25, 0.3) is 0 Å². The lowest BCUT2D eigenvalue weighted by molar-refractivity contribution is 0.297. The van der Waals surface area contributed by atoms with Crippen LogP contribution in [0.1, 0.15) is 11.1 Å². The molecule has 0 bridgehead atoms. The molecule has 0 atom stereocenters. The predicted molar refractivity (Wildman–Crippen MR) is 107 cm³/mol. The second kappa shape index (κ2) is 7.41. The lowest BCUT2D eigenvalue weighted by Gasteiger charge is -2.12. The van der Waals surface area contributed by atoms with Crippen LogP contribution >= 0.6 is 0 Å². The van der Waals surface area contributed by atoms with Gasteiger partial charge < -0.3 is 19.4 Å². The average molecular weight is 385 g/mol. The molecule has 0 spiro atoms. The van der Waals surface area contributed by atoms with Crippen LogP contribution in [0.5, 0.6) is 17.2 Å². The molecule has 0 aliphatic rings. The minimum Gasteiger partial charge on any atom is -0.508 e. The van der Waals surface area contributed by atoms with Crippen molar-refractivity contribution in [3.8, 4) is 34.6 Å². The molecule has 1 aromatic heterocycles. The van der Waals surface area contributed by atoms with Crippen molar-refractivity contribution in [3.05, 3.63) is 88.1 Å². The van der Waals surface area contributed by atoms with Crippen LogP contribution in [0.25, 0.3) is 22.3 Å². The molecule has 0 aliphatic carbocycles. The van der Waals surface area contributed by atoms with Gasteiger partial charge in [-0.05, 0) is 17.7 Å². The molecular weight excluding hydrogens is 370 g/mol. The third-order valence-electron chi connectivity index (χ3n) is 4.39. The van der Waals surface area contributed by atoms with E-state index >= 15 is 0 Å². The van der Waals surface area contributed by atoms with Crippen molar-refractivity contribution < 1.29 is 19.4 Å². The summed E-state index contributed by atoms with van der Waals surface area (Å²) in [5.41, 5.74) is 1.28. The van der Waals surface area contributed by atoms with Crippen LogP contribution in [0.2, 0.25) is 0 Å². The number of nitrogens with zero attached hydrogens (tertiary/aromatic N) is 1. The van der Waals surface area contributed by atoms with E-state index in [0.717, 1.165) is 6.07 Å². The zero-order valence-corrected chi connectivity index (χ0v) is 15.1. The first-order valence-corrected chi connectivity index (χ1v) is 8.77. The predicted octanol–water partition coefficient (Wildman–Crippen LogP) is 4.32. The van der Waals surface area contributed by atoms with E-state index in [1.165, 1.54) is 6.07 Å². The van der Waals surface area contributed by atoms with Gasteiger partial charge in [-0.1, -0.05) is 42.5 Å². The summed E-state index contributed by atoms with van der Waals surface area (Å²) in [5.74, 6) is -0.500. The fourth-order valence-electron chi connectivity index (χ4n) is 3.07. The highest BCUT2D eigenvalue weighted by molar-refractivity contribution is 5.88. The van der Waals surface area contributed by atoms with E-state index in [-0.39, 0.29) is 34.8 Å². The van der Waals surface area contributed by atoms with Crippen LogP contribution < -0.4 is 10.2 Å². The fraction of sp³-hybridized carbons (Fsp3) is 0.0435. The lowest BCUT2D eigenvalue weighted by Crippen LogP contribution is -2.10. The molecule has 4 rings (SSSR count). The van der Waals surface area contributed by atoms with E-state index in [9.17, 15) is 15.0 Å². The molecule has 0 aliphatic heterocycles. The Bertz CT molecular complexity index is 1300. The summed E-state index contributed by atoms with van der Waals surface area (Å²) in [6, 6.07) is 20.2. The van der Waals surface area contributed by atoms with E-state index < -0.39 is 11.2 Å². The summed E-state index contributed by atoms with van der Waals surface area (Å²) in [4.78, 5) is 13.1. The van der Waals surface area contributed by atoms with Gasteiger partial charge >= 0.3 is 0 Å². The number of hydrogen-bond donors (Lipinski definition) is 2. The Labute approximate surface area is 165 Å². The van der Waals surface area contributed by atoms with Gasteiger partial charge in [-0.2, -0.15) is 5.26 Å². The average Bonchev–Trinajstić information content (AvgIpc) is 2.73.